The van der Waals surface area contributed by atoms with E-state index in [0.717, 1.165) is 11.5 Å². The summed E-state index contributed by atoms with van der Waals surface area (Å²) in [5.74, 6) is 0.702. The van der Waals surface area contributed by atoms with Gasteiger partial charge in [-0.05, 0) is 76.0 Å². The van der Waals surface area contributed by atoms with Crippen LogP contribution in [0.4, 0.5) is 0 Å². The van der Waals surface area contributed by atoms with E-state index in [-0.39, 0.29) is 52.6 Å². The molecule has 4 aliphatic rings. The molecule has 2 amide bonds. The maximum atomic E-state index is 14.2. The summed E-state index contributed by atoms with van der Waals surface area (Å²) in [6.45, 7) is 11.9. The number of hydrogen-bond donors (Lipinski definition) is 4. The van der Waals surface area contributed by atoms with Crippen LogP contribution in [-0.2, 0) is 19.2 Å². The van der Waals surface area contributed by atoms with E-state index in [4.69, 9.17) is 24.4 Å². The first-order valence-electron chi connectivity index (χ1n) is 15.9. The average molecular weight is 699 g/mol. The number of nitrogens with zero attached hydrogens (tertiary/aromatic N) is 2. The zero-order valence-corrected chi connectivity index (χ0v) is 31.0. The number of rotatable bonds is 10. The van der Waals surface area contributed by atoms with Gasteiger partial charge in [-0.15, -0.1) is 23.5 Å². The Hall–Kier alpha value is -1.32. The van der Waals surface area contributed by atoms with Gasteiger partial charge in [-0.1, -0.05) is 52.1 Å². The first-order chi connectivity index (χ1) is 21.0. The van der Waals surface area contributed by atoms with Crippen molar-refractivity contribution in [3.63, 3.8) is 0 Å². The minimum atomic E-state index is -0.742. The number of thioether (sulfide) groups is 2. The van der Waals surface area contributed by atoms with E-state index < -0.39 is 35.0 Å². The molecule has 0 bridgehead atoms. The number of carbonyl (C=O) groups excluding carboxylic acids is 4. The predicted octanol–water partition coefficient (Wildman–Crippen LogP) is 2.48. The van der Waals surface area contributed by atoms with Gasteiger partial charge in [0, 0.05) is 0 Å². The number of hydrogen-bond acceptors (Lipinski definition) is 10. The van der Waals surface area contributed by atoms with Gasteiger partial charge in [-0.2, -0.15) is 0 Å². The van der Waals surface area contributed by atoms with Crippen LogP contribution < -0.4 is 21.3 Å². The van der Waals surface area contributed by atoms with E-state index in [1.165, 1.54) is 0 Å². The molecule has 45 heavy (non-hydrogen) atoms. The van der Waals surface area contributed by atoms with Crippen molar-refractivity contribution < 1.29 is 19.2 Å². The van der Waals surface area contributed by atoms with Gasteiger partial charge in [-0.25, -0.2) is 0 Å². The highest BCUT2D eigenvalue weighted by atomic mass is 32.2. The van der Waals surface area contributed by atoms with Crippen LogP contribution in [0.2, 0.25) is 0 Å². The highest BCUT2D eigenvalue weighted by Gasteiger charge is 2.57. The van der Waals surface area contributed by atoms with Crippen LogP contribution in [0.15, 0.2) is 0 Å². The number of Topliss-reactive ketones (excluding diaryl/α,β-unsaturated/α-hetero) is 2. The molecule has 0 radical (unpaired) electrons. The summed E-state index contributed by atoms with van der Waals surface area (Å²) in [5.41, 5.74) is -1.02. The molecule has 0 aliphatic carbocycles. The Kier molecular flexibility index (Phi) is 11.7. The van der Waals surface area contributed by atoms with Gasteiger partial charge < -0.3 is 31.1 Å². The lowest BCUT2D eigenvalue weighted by Crippen LogP contribution is -2.57. The molecule has 4 aliphatic heterocycles. The topological polar surface area (TPSA) is 123 Å². The monoisotopic (exact) mass is 698 g/mol. The summed E-state index contributed by atoms with van der Waals surface area (Å²) in [6.07, 6.45) is 2.20. The third kappa shape index (κ3) is 7.56. The molecule has 4 saturated heterocycles. The first-order valence-corrected chi connectivity index (χ1v) is 18.8. The molecule has 4 rings (SSSR count). The Morgan fingerprint density at radius 3 is 1.47 bits per heavy atom. The summed E-state index contributed by atoms with van der Waals surface area (Å²) in [4.78, 5) is 61.1. The van der Waals surface area contributed by atoms with Crippen LogP contribution in [0.3, 0.4) is 0 Å². The lowest BCUT2D eigenvalue weighted by molar-refractivity contribution is -0.145. The molecule has 0 spiro atoms. The number of likely N-dealkylation sites (N-methyl/N-ethyl adjacent to an activating group) is 2. The Morgan fingerprint density at radius 1 is 0.778 bits per heavy atom. The minimum Gasteiger partial charge on any atom is -0.367 e. The molecule has 10 nitrogen and oxygen atoms in total. The molecule has 0 saturated carbocycles. The van der Waals surface area contributed by atoms with Gasteiger partial charge in [0.05, 0.1) is 51.3 Å². The lowest BCUT2D eigenvalue weighted by Gasteiger charge is -2.36. The molecule has 0 aromatic heterocycles. The third-order valence-corrected chi connectivity index (χ3v) is 13.3. The highest BCUT2D eigenvalue weighted by molar-refractivity contribution is 8.00. The second-order valence-electron chi connectivity index (χ2n) is 14.2. The zero-order chi connectivity index (χ0) is 33.4. The molecule has 14 heteroatoms. The fourth-order valence-corrected chi connectivity index (χ4v) is 10.8. The normalized spacial score (nSPS) is 32.1. The summed E-state index contributed by atoms with van der Waals surface area (Å²) in [5, 5.41) is 12.4. The highest BCUT2D eigenvalue weighted by Crippen LogP contribution is 2.49. The molecular weight excluding hydrogens is 649 g/mol. The Morgan fingerprint density at radius 2 is 1.13 bits per heavy atom. The standard InChI is InChI=1S/C31H50N6O4S4/c1-16(32-7)26(42)34-18-9-11-44-22-14-30(3,4)24(36(22)28(18)40)20(38)13-21(39)25-31(5,6)15-23-37(25)29(41)19(10-12-45-23)35-27(43)17(2)33-8/h16-19,22-25,32-33H,9-15H2,1-8H3,(H,34,42)(H,35,43)/t16-,17-,18-,19-,22-,23-,24+,25+/m0/s1. The molecule has 0 unspecified atom stereocenters. The number of thiocarbonyl (C=S) groups is 2. The fourth-order valence-electron chi connectivity index (χ4n) is 7.14. The molecule has 8 atom stereocenters. The fraction of sp³-hybridized carbons (Fsp3) is 0.806. The van der Waals surface area contributed by atoms with E-state index in [9.17, 15) is 19.2 Å². The molecule has 252 valence electrons. The SMILES string of the molecule is CN[C@@H](C)C(=S)N[C@H]1CCS[C@H]2CC(C)(C)[C@@H](C(=O)CC(=O)[C@H]3N4C(=O)[C@@H](NC(=S)[C@H](C)NC)CCS[C@H]4CC3(C)C)N2C1=O. The third-order valence-electron chi connectivity index (χ3n) is 9.84. The second-order valence-corrected chi connectivity index (χ2v) is 17.6. The predicted molar refractivity (Wildman–Crippen MR) is 191 cm³/mol. The Balaban J connectivity index is 1.56. The van der Waals surface area contributed by atoms with Crippen LogP contribution in [0.1, 0.15) is 73.6 Å². The summed E-state index contributed by atoms with van der Waals surface area (Å²) in [6, 6.07) is -2.75. The molecular formula is C31H50N6O4S4. The molecule has 4 fully saturated rings. The van der Waals surface area contributed by atoms with Crippen molar-refractivity contribution in [2.24, 2.45) is 10.8 Å². The van der Waals surface area contributed by atoms with Crippen molar-refractivity contribution >= 4 is 81.3 Å². The largest absolute Gasteiger partial charge is 0.367 e. The second kappa shape index (κ2) is 14.4. The quantitative estimate of drug-likeness (QED) is 0.198. The van der Waals surface area contributed by atoms with E-state index in [2.05, 4.69) is 21.3 Å². The van der Waals surface area contributed by atoms with Crippen molar-refractivity contribution in [3.05, 3.63) is 0 Å². The van der Waals surface area contributed by atoms with Crippen LogP contribution in [0.25, 0.3) is 0 Å². The number of ketones is 2. The van der Waals surface area contributed by atoms with Crippen LogP contribution in [-0.4, -0.2) is 116 Å². The smallest absolute Gasteiger partial charge is 0.246 e. The van der Waals surface area contributed by atoms with Crippen molar-refractivity contribution in [1.82, 2.24) is 31.1 Å². The lowest BCUT2D eigenvalue weighted by atomic mass is 9.78. The average Bonchev–Trinajstić information content (AvgIpc) is 3.29. The van der Waals surface area contributed by atoms with Crippen molar-refractivity contribution in [2.45, 2.75) is 121 Å². The van der Waals surface area contributed by atoms with Gasteiger partial charge in [-0.3, -0.25) is 19.2 Å². The van der Waals surface area contributed by atoms with Crippen molar-refractivity contribution in [3.8, 4) is 0 Å². The van der Waals surface area contributed by atoms with Crippen LogP contribution in [0, 0.1) is 10.8 Å². The van der Waals surface area contributed by atoms with Crippen LogP contribution in [0.5, 0.6) is 0 Å². The number of amides is 2. The van der Waals surface area contributed by atoms with Gasteiger partial charge in [0.25, 0.3) is 0 Å². The van der Waals surface area contributed by atoms with Crippen molar-refractivity contribution in [1.29, 1.82) is 0 Å². The Bertz CT molecular complexity index is 1120. The maximum Gasteiger partial charge on any atom is 0.246 e. The van der Waals surface area contributed by atoms with E-state index in [0.29, 0.717) is 35.7 Å². The summed E-state index contributed by atoms with van der Waals surface area (Å²) in [7, 11) is 3.63. The maximum absolute atomic E-state index is 14.2. The Labute approximate surface area is 287 Å². The van der Waals surface area contributed by atoms with E-state index in [1.807, 2.05) is 55.6 Å². The number of nitrogens with one attached hydrogen (secondary N) is 4. The van der Waals surface area contributed by atoms with Crippen molar-refractivity contribution in [2.75, 3.05) is 25.6 Å². The summed E-state index contributed by atoms with van der Waals surface area (Å²) < 4.78 is 0. The van der Waals surface area contributed by atoms with E-state index >= 15 is 0 Å². The van der Waals surface area contributed by atoms with Crippen LogP contribution >= 0.6 is 48.0 Å². The molecule has 0 aromatic rings. The van der Waals surface area contributed by atoms with Gasteiger partial charge in [0.1, 0.15) is 12.1 Å². The van der Waals surface area contributed by atoms with Gasteiger partial charge in [0.2, 0.25) is 11.8 Å². The van der Waals surface area contributed by atoms with E-state index in [1.54, 1.807) is 33.3 Å². The molecule has 4 heterocycles. The first kappa shape index (κ1) is 36.5. The minimum absolute atomic E-state index is 0.0971. The van der Waals surface area contributed by atoms with Gasteiger partial charge in [0.15, 0.2) is 11.6 Å². The zero-order valence-electron chi connectivity index (χ0n) is 27.7. The number of carbonyl (C=O) groups is 4. The van der Waals surface area contributed by atoms with Gasteiger partial charge >= 0.3 is 0 Å². The summed E-state index contributed by atoms with van der Waals surface area (Å²) >= 11 is 14.5. The number of fused-ring (bicyclic) bond motifs is 2. The molecule has 4 N–H and O–H groups in total. The molecule has 0 aromatic carbocycles.